The van der Waals surface area contributed by atoms with Gasteiger partial charge in [-0.05, 0) is 18.6 Å². The van der Waals surface area contributed by atoms with Crippen molar-refractivity contribution in [2.75, 3.05) is 18.4 Å². The van der Waals surface area contributed by atoms with Crippen LogP contribution in [0.15, 0.2) is 42.7 Å². The molecule has 0 saturated carbocycles. The van der Waals surface area contributed by atoms with Crippen LogP contribution >= 0.6 is 24.8 Å². The molecule has 3 rings (SSSR count). The second-order valence-electron chi connectivity index (χ2n) is 6.09. The summed E-state index contributed by atoms with van der Waals surface area (Å²) in [5.41, 5.74) is 2.72. The van der Waals surface area contributed by atoms with Gasteiger partial charge in [-0.3, -0.25) is 19.9 Å². The minimum atomic E-state index is -0.630. The van der Waals surface area contributed by atoms with Crippen molar-refractivity contribution in [1.29, 1.82) is 0 Å². The number of carbonyl (C=O) groups excluding carboxylic acids is 1. The fourth-order valence-corrected chi connectivity index (χ4v) is 2.87. The summed E-state index contributed by atoms with van der Waals surface area (Å²) in [5, 5.41) is 11.7. The Morgan fingerprint density at radius 2 is 2.07 bits per heavy atom. The Bertz CT molecular complexity index is 792. The van der Waals surface area contributed by atoms with Crippen LogP contribution in [0.2, 0.25) is 0 Å². The van der Waals surface area contributed by atoms with E-state index in [2.05, 4.69) is 20.2 Å². The second kappa shape index (κ2) is 11.6. The number of hydrogen-bond donors (Lipinski definition) is 3. The third kappa shape index (κ3) is 6.72. The van der Waals surface area contributed by atoms with Crippen molar-refractivity contribution in [3.05, 3.63) is 59.8 Å². The van der Waals surface area contributed by atoms with Crippen molar-refractivity contribution in [3.63, 3.8) is 0 Å². The Balaban J connectivity index is 0.00000196. The molecule has 0 unspecified atom stereocenters. The maximum Gasteiger partial charge on any atom is 0.267 e. The lowest BCUT2D eigenvalue weighted by Crippen LogP contribution is -2.26. The predicted molar refractivity (Wildman–Crippen MR) is 109 cm³/mol. The number of benzene rings is 1. The molecular formula is C18H22Cl2FN5O2. The number of nitrogens with zero attached hydrogens (tertiary/aromatic N) is 3. The largest absolute Gasteiger partial charge is 0.365 e. The molecule has 1 aliphatic heterocycles. The zero-order chi connectivity index (χ0) is 18.4. The summed E-state index contributed by atoms with van der Waals surface area (Å²) in [6.45, 7) is 2.28. The van der Waals surface area contributed by atoms with Gasteiger partial charge >= 0.3 is 0 Å². The molecule has 7 nitrogen and oxygen atoms in total. The topological polar surface area (TPSA) is 90.4 Å². The fourth-order valence-electron chi connectivity index (χ4n) is 2.87. The van der Waals surface area contributed by atoms with Crippen LogP contribution in [0, 0.1) is 5.82 Å². The van der Waals surface area contributed by atoms with Crippen LogP contribution in [0.3, 0.4) is 0 Å². The van der Waals surface area contributed by atoms with Crippen molar-refractivity contribution < 1.29 is 14.4 Å². The number of anilines is 1. The highest BCUT2D eigenvalue weighted by Gasteiger charge is 2.23. The number of nitrogens with one attached hydrogen (secondary N) is 2. The third-order valence-electron chi connectivity index (χ3n) is 4.16. The van der Waals surface area contributed by atoms with E-state index in [0.717, 1.165) is 25.6 Å². The van der Waals surface area contributed by atoms with Gasteiger partial charge in [0.2, 0.25) is 0 Å². The number of rotatable bonds is 6. The normalized spacial score (nSPS) is 16.3. The summed E-state index contributed by atoms with van der Waals surface area (Å²) >= 11 is 0. The summed E-state index contributed by atoms with van der Waals surface area (Å²) in [7, 11) is 0. The van der Waals surface area contributed by atoms with Crippen LogP contribution in [0.25, 0.3) is 6.08 Å². The van der Waals surface area contributed by atoms with Gasteiger partial charge in [0.1, 0.15) is 11.6 Å². The summed E-state index contributed by atoms with van der Waals surface area (Å²) < 4.78 is 13.8. The van der Waals surface area contributed by atoms with Crippen molar-refractivity contribution in [2.45, 2.75) is 19.0 Å². The molecule has 2 aromatic rings. The molecule has 0 bridgehead atoms. The highest BCUT2D eigenvalue weighted by Crippen LogP contribution is 2.18. The summed E-state index contributed by atoms with van der Waals surface area (Å²) in [6, 6.07) is 7.06. The number of likely N-dealkylation sites (tertiary alicyclic amines) is 1. The van der Waals surface area contributed by atoms with Gasteiger partial charge in [-0.25, -0.2) is 14.9 Å². The van der Waals surface area contributed by atoms with Gasteiger partial charge in [0.05, 0.1) is 18.1 Å². The Morgan fingerprint density at radius 1 is 1.29 bits per heavy atom. The lowest BCUT2D eigenvalue weighted by molar-refractivity contribution is -0.124. The van der Waals surface area contributed by atoms with E-state index in [9.17, 15) is 9.18 Å². The van der Waals surface area contributed by atoms with Crippen LogP contribution in [0.4, 0.5) is 10.2 Å². The lowest BCUT2D eigenvalue weighted by Gasteiger charge is -2.17. The van der Waals surface area contributed by atoms with Gasteiger partial charge in [0, 0.05) is 37.3 Å². The van der Waals surface area contributed by atoms with Crippen molar-refractivity contribution in [1.82, 2.24) is 20.3 Å². The Labute approximate surface area is 174 Å². The standard InChI is InChI=1S/C18H20FN5O2.2ClH/c19-16-4-2-1-3-13(16)11-24-8-7-15(12-24)22-17-10-20-14(9-21-17)5-6-18(25)23-26;;/h1-6,9-10,15,26H,7-8,11-12H2,(H,21,22)(H,23,25);2*1H/b6-5+;;/t15-;;/m1../s1. The van der Waals surface area contributed by atoms with Crippen molar-refractivity contribution >= 4 is 42.6 Å². The van der Waals surface area contributed by atoms with E-state index in [-0.39, 0.29) is 36.7 Å². The molecule has 1 aliphatic rings. The summed E-state index contributed by atoms with van der Waals surface area (Å²) in [6.07, 6.45) is 6.68. The van der Waals surface area contributed by atoms with E-state index in [4.69, 9.17) is 5.21 Å². The number of hydroxylamine groups is 1. The highest BCUT2D eigenvalue weighted by atomic mass is 35.5. The van der Waals surface area contributed by atoms with Gasteiger partial charge in [-0.2, -0.15) is 0 Å². The average Bonchev–Trinajstić information content (AvgIpc) is 3.09. The van der Waals surface area contributed by atoms with Gasteiger partial charge in [0.25, 0.3) is 5.91 Å². The van der Waals surface area contributed by atoms with E-state index < -0.39 is 5.91 Å². The third-order valence-corrected chi connectivity index (χ3v) is 4.16. The molecule has 1 aromatic heterocycles. The quantitative estimate of drug-likeness (QED) is 0.371. The van der Waals surface area contributed by atoms with Gasteiger partial charge in [-0.15, -0.1) is 24.8 Å². The molecule has 1 amide bonds. The van der Waals surface area contributed by atoms with E-state index in [0.29, 0.717) is 23.6 Å². The first-order valence-corrected chi connectivity index (χ1v) is 8.30. The molecule has 10 heteroatoms. The summed E-state index contributed by atoms with van der Waals surface area (Å²) in [5.74, 6) is -0.158. The number of halogens is 3. The molecule has 3 N–H and O–H groups in total. The first kappa shape index (κ1) is 23.8. The van der Waals surface area contributed by atoms with Gasteiger partial charge in [-0.1, -0.05) is 18.2 Å². The zero-order valence-electron chi connectivity index (χ0n) is 14.9. The Kier molecular flexibility index (Phi) is 9.81. The lowest BCUT2D eigenvalue weighted by atomic mass is 10.2. The van der Waals surface area contributed by atoms with Crippen LogP contribution in [-0.4, -0.2) is 45.1 Å². The van der Waals surface area contributed by atoms with E-state index >= 15 is 0 Å². The SMILES string of the molecule is Cl.Cl.O=C(/C=C/c1cnc(N[C@@H]2CCN(Cc3ccccc3F)C2)cn1)NO. The minimum absolute atomic E-state index is 0. The molecule has 2 heterocycles. The number of hydrogen-bond acceptors (Lipinski definition) is 6. The zero-order valence-corrected chi connectivity index (χ0v) is 16.5. The average molecular weight is 430 g/mol. The van der Waals surface area contributed by atoms with Crippen LogP contribution < -0.4 is 10.8 Å². The molecule has 0 spiro atoms. The van der Waals surface area contributed by atoms with Crippen LogP contribution in [-0.2, 0) is 11.3 Å². The first-order valence-electron chi connectivity index (χ1n) is 8.30. The van der Waals surface area contributed by atoms with Crippen molar-refractivity contribution in [3.8, 4) is 0 Å². The van der Waals surface area contributed by atoms with Crippen LogP contribution in [0.1, 0.15) is 17.7 Å². The van der Waals surface area contributed by atoms with Gasteiger partial charge < -0.3 is 5.32 Å². The molecule has 152 valence electrons. The van der Waals surface area contributed by atoms with E-state index in [1.165, 1.54) is 23.8 Å². The van der Waals surface area contributed by atoms with Crippen LogP contribution in [0.5, 0.6) is 0 Å². The smallest absolute Gasteiger partial charge is 0.267 e. The maximum absolute atomic E-state index is 13.8. The molecule has 1 atom stereocenters. The summed E-state index contributed by atoms with van der Waals surface area (Å²) in [4.78, 5) is 21.6. The molecule has 0 radical (unpaired) electrons. The first-order chi connectivity index (χ1) is 12.6. The predicted octanol–water partition coefficient (Wildman–Crippen LogP) is 2.66. The number of aromatic nitrogens is 2. The molecule has 1 saturated heterocycles. The molecule has 1 aromatic carbocycles. The van der Waals surface area contributed by atoms with Gasteiger partial charge in [0.15, 0.2) is 0 Å². The highest BCUT2D eigenvalue weighted by molar-refractivity contribution is 5.90. The fraction of sp³-hybridized carbons (Fsp3) is 0.278. The second-order valence-corrected chi connectivity index (χ2v) is 6.09. The van der Waals surface area contributed by atoms with E-state index in [1.54, 1.807) is 12.3 Å². The van der Waals surface area contributed by atoms with E-state index in [1.807, 2.05) is 12.1 Å². The number of carbonyl (C=O) groups is 1. The maximum atomic E-state index is 13.8. The monoisotopic (exact) mass is 429 g/mol. The Morgan fingerprint density at radius 3 is 2.75 bits per heavy atom. The molecule has 0 aliphatic carbocycles. The Hall–Kier alpha value is -2.26. The molecule has 1 fully saturated rings. The minimum Gasteiger partial charge on any atom is -0.365 e. The molecular weight excluding hydrogens is 408 g/mol. The number of amides is 1. The van der Waals surface area contributed by atoms with Crippen molar-refractivity contribution in [2.24, 2.45) is 0 Å². The molecule has 28 heavy (non-hydrogen) atoms.